The Labute approximate surface area is 115 Å². The lowest BCUT2D eigenvalue weighted by Gasteiger charge is -2.31. The number of oxime groups is 1. The lowest BCUT2D eigenvalue weighted by molar-refractivity contribution is -0.149. The van der Waals surface area contributed by atoms with Gasteiger partial charge >= 0.3 is 5.97 Å². The molecule has 4 heteroatoms. The van der Waals surface area contributed by atoms with Crippen LogP contribution in [0.1, 0.15) is 57.8 Å². The Morgan fingerprint density at radius 3 is 2.37 bits per heavy atom. The summed E-state index contributed by atoms with van der Waals surface area (Å²) >= 11 is 0. The van der Waals surface area contributed by atoms with E-state index in [-0.39, 0.29) is 11.9 Å². The summed E-state index contributed by atoms with van der Waals surface area (Å²) in [5, 5.41) is 4.17. The lowest BCUT2D eigenvalue weighted by atomic mass is 9.89. The highest BCUT2D eigenvalue weighted by Gasteiger charge is 2.37. The van der Waals surface area contributed by atoms with E-state index in [9.17, 15) is 4.79 Å². The lowest BCUT2D eigenvalue weighted by Crippen LogP contribution is -2.40. The van der Waals surface area contributed by atoms with Gasteiger partial charge < -0.3 is 4.84 Å². The van der Waals surface area contributed by atoms with Crippen LogP contribution in [0.25, 0.3) is 0 Å². The minimum Gasteiger partial charge on any atom is -0.318 e. The first-order chi connectivity index (χ1) is 9.24. The molecule has 3 rings (SSSR count). The molecule has 3 fully saturated rings. The minimum atomic E-state index is -0.0986. The molecule has 1 aliphatic carbocycles. The Hall–Kier alpha value is -0.900. The van der Waals surface area contributed by atoms with Crippen molar-refractivity contribution in [2.75, 3.05) is 7.05 Å². The molecular formula is C15H24N2O2. The van der Waals surface area contributed by atoms with Gasteiger partial charge in [0.2, 0.25) is 0 Å². The number of fused-ring (bicyclic) bond motifs is 2. The molecule has 0 radical (unpaired) electrons. The topological polar surface area (TPSA) is 41.9 Å². The van der Waals surface area contributed by atoms with Crippen LogP contribution >= 0.6 is 0 Å². The van der Waals surface area contributed by atoms with Gasteiger partial charge in [-0.2, -0.15) is 0 Å². The van der Waals surface area contributed by atoms with Crippen molar-refractivity contribution in [1.29, 1.82) is 0 Å². The fourth-order valence-electron chi connectivity index (χ4n) is 3.81. The zero-order valence-corrected chi connectivity index (χ0v) is 11.8. The van der Waals surface area contributed by atoms with Crippen LogP contribution in [0, 0.1) is 5.92 Å². The highest BCUT2D eigenvalue weighted by molar-refractivity contribution is 5.87. The number of rotatable bonds is 2. The zero-order chi connectivity index (χ0) is 13.2. The molecule has 0 spiro atoms. The van der Waals surface area contributed by atoms with E-state index in [1.54, 1.807) is 0 Å². The molecule has 0 aromatic carbocycles. The molecule has 2 bridgehead atoms. The van der Waals surface area contributed by atoms with Crippen molar-refractivity contribution in [2.24, 2.45) is 11.1 Å². The van der Waals surface area contributed by atoms with E-state index in [1.165, 1.54) is 19.3 Å². The van der Waals surface area contributed by atoms with Crippen molar-refractivity contribution in [3.8, 4) is 0 Å². The molecule has 0 unspecified atom stereocenters. The van der Waals surface area contributed by atoms with E-state index in [0.29, 0.717) is 12.1 Å². The smallest absolute Gasteiger partial charge is 0.318 e. The fraction of sp³-hybridized carbons (Fsp3) is 0.867. The second-order valence-corrected chi connectivity index (χ2v) is 6.36. The first kappa shape index (κ1) is 13.1. The van der Waals surface area contributed by atoms with Gasteiger partial charge in [-0.3, -0.25) is 4.90 Å². The van der Waals surface area contributed by atoms with Gasteiger partial charge in [0.1, 0.15) is 0 Å². The SMILES string of the molecule is CN1[C@@H]2CC[C@@H]1CC(=NOC(=O)C1CCCCC1)C2. The summed E-state index contributed by atoms with van der Waals surface area (Å²) in [6.07, 6.45) is 10.0. The molecule has 19 heavy (non-hydrogen) atoms. The average molecular weight is 264 g/mol. The van der Waals surface area contributed by atoms with E-state index < -0.39 is 0 Å². The zero-order valence-electron chi connectivity index (χ0n) is 11.8. The Morgan fingerprint density at radius 1 is 1.11 bits per heavy atom. The Kier molecular flexibility index (Phi) is 3.87. The van der Waals surface area contributed by atoms with Crippen LogP contribution < -0.4 is 0 Å². The number of carbonyl (C=O) groups is 1. The van der Waals surface area contributed by atoms with Crippen molar-refractivity contribution in [3.05, 3.63) is 0 Å². The summed E-state index contributed by atoms with van der Waals surface area (Å²) in [5.41, 5.74) is 1.09. The van der Waals surface area contributed by atoms with Crippen LogP contribution in [0.15, 0.2) is 5.16 Å². The maximum absolute atomic E-state index is 11.9. The number of hydrogen-bond acceptors (Lipinski definition) is 4. The Bertz CT molecular complexity index is 358. The normalized spacial score (nSPS) is 32.4. The molecule has 0 aromatic heterocycles. The fourth-order valence-corrected chi connectivity index (χ4v) is 3.81. The van der Waals surface area contributed by atoms with Gasteiger partial charge in [0, 0.05) is 24.9 Å². The molecular weight excluding hydrogens is 240 g/mol. The number of piperidine rings is 1. The molecule has 4 nitrogen and oxygen atoms in total. The van der Waals surface area contributed by atoms with E-state index in [2.05, 4.69) is 17.1 Å². The summed E-state index contributed by atoms with van der Waals surface area (Å²) in [4.78, 5) is 19.6. The average Bonchev–Trinajstić information content (AvgIpc) is 2.68. The van der Waals surface area contributed by atoms with Gasteiger partial charge in [0.05, 0.1) is 11.6 Å². The Balaban J connectivity index is 1.53. The van der Waals surface area contributed by atoms with Crippen LogP contribution in [-0.2, 0) is 9.63 Å². The van der Waals surface area contributed by atoms with E-state index in [0.717, 1.165) is 44.2 Å². The maximum Gasteiger partial charge on any atom is 0.338 e. The molecule has 2 atom stereocenters. The highest BCUT2D eigenvalue weighted by atomic mass is 16.7. The maximum atomic E-state index is 11.9. The first-order valence-corrected chi connectivity index (χ1v) is 7.72. The number of nitrogens with zero attached hydrogens (tertiary/aromatic N) is 2. The largest absolute Gasteiger partial charge is 0.338 e. The van der Waals surface area contributed by atoms with Crippen molar-refractivity contribution in [2.45, 2.75) is 69.9 Å². The molecule has 3 aliphatic rings. The van der Waals surface area contributed by atoms with Crippen molar-refractivity contribution >= 4 is 11.7 Å². The second kappa shape index (κ2) is 5.61. The van der Waals surface area contributed by atoms with E-state index >= 15 is 0 Å². The van der Waals surface area contributed by atoms with E-state index in [1.807, 2.05) is 0 Å². The first-order valence-electron chi connectivity index (χ1n) is 7.72. The van der Waals surface area contributed by atoms with Gasteiger partial charge in [0.15, 0.2) is 0 Å². The summed E-state index contributed by atoms with van der Waals surface area (Å²) in [5.74, 6) is -0.000406. The molecule has 1 saturated carbocycles. The van der Waals surface area contributed by atoms with Gasteiger partial charge in [-0.05, 0) is 32.7 Å². The third kappa shape index (κ3) is 2.83. The monoisotopic (exact) mass is 264 g/mol. The third-order valence-corrected chi connectivity index (χ3v) is 5.13. The molecule has 2 saturated heterocycles. The van der Waals surface area contributed by atoms with Crippen LogP contribution in [0.5, 0.6) is 0 Å². The van der Waals surface area contributed by atoms with Gasteiger partial charge in [0.25, 0.3) is 0 Å². The molecule has 0 amide bonds. The molecule has 2 heterocycles. The summed E-state index contributed by atoms with van der Waals surface area (Å²) < 4.78 is 0. The van der Waals surface area contributed by atoms with Crippen molar-refractivity contribution < 1.29 is 9.63 Å². The molecule has 0 aromatic rings. The quantitative estimate of drug-likeness (QED) is 0.569. The van der Waals surface area contributed by atoms with Crippen molar-refractivity contribution in [3.63, 3.8) is 0 Å². The number of hydrogen-bond donors (Lipinski definition) is 0. The molecule has 2 aliphatic heterocycles. The summed E-state index contributed by atoms with van der Waals surface area (Å²) in [7, 11) is 2.20. The predicted octanol–water partition coefficient (Wildman–Crippen LogP) is 2.72. The number of carbonyl (C=O) groups excluding carboxylic acids is 1. The van der Waals surface area contributed by atoms with Gasteiger partial charge in [-0.25, -0.2) is 4.79 Å². The van der Waals surface area contributed by atoms with Gasteiger partial charge in [-0.1, -0.05) is 24.4 Å². The molecule has 106 valence electrons. The summed E-state index contributed by atoms with van der Waals surface area (Å²) in [6.45, 7) is 0. The highest BCUT2D eigenvalue weighted by Crippen LogP contribution is 2.33. The van der Waals surface area contributed by atoms with Crippen molar-refractivity contribution in [1.82, 2.24) is 4.90 Å². The second-order valence-electron chi connectivity index (χ2n) is 6.36. The van der Waals surface area contributed by atoms with Crippen LogP contribution in [0.3, 0.4) is 0 Å². The third-order valence-electron chi connectivity index (χ3n) is 5.13. The summed E-state index contributed by atoms with van der Waals surface area (Å²) in [6, 6.07) is 1.23. The standard InChI is InChI=1S/C15H24N2O2/c1-17-13-7-8-14(17)10-12(9-13)16-19-15(18)11-5-3-2-4-6-11/h11,13-14H,2-10H2,1H3/t13-,14-/m1/s1. The predicted molar refractivity (Wildman–Crippen MR) is 73.9 cm³/mol. The van der Waals surface area contributed by atoms with Crippen LogP contribution in [-0.4, -0.2) is 35.7 Å². The molecule has 0 N–H and O–H groups in total. The van der Waals surface area contributed by atoms with Gasteiger partial charge in [-0.15, -0.1) is 0 Å². The minimum absolute atomic E-state index is 0.0982. The van der Waals surface area contributed by atoms with E-state index in [4.69, 9.17) is 4.84 Å². The van der Waals surface area contributed by atoms with Crippen LogP contribution in [0.4, 0.5) is 0 Å². The Morgan fingerprint density at radius 2 is 1.74 bits per heavy atom. The van der Waals surface area contributed by atoms with Crippen LogP contribution in [0.2, 0.25) is 0 Å².